The Morgan fingerprint density at radius 3 is 2.74 bits per heavy atom. The van der Waals surface area contributed by atoms with Crippen LogP contribution in [0.2, 0.25) is 0 Å². The second-order valence-electron chi connectivity index (χ2n) is 6.78. The molecular formula is C20H31ClN2O4. The molecule has 1 unspecified atom stereocenters. The Morgan fingerprint density at radius 2 is 2.07 bits per heavy atom. The van der Waals surface area contributed by atoms with E-state index in [2.05, 4.69) is 5.32 Å². The van der Waals surface area contributed by atoms with Crippen LogP contribution in [-0.4, -0.2) is 57.0 Å². The third-order valence-corrected chi connectivity index (χ3v) is 4.73. The fourth-order valence-electron chi connectivity index (χ4n) is 3.32. The normalized spacial score (nSPS) is 16.4. The van der Waals surface area contributed by atoms with E-state index in [-0.39, 0.29) is 24.1 Å². The van der Waals surface area contributed by atoms with E-state index in [1.165, 1.54) is 13.3 Å². The number of nitrogens with zero attached hydrogens (tertiary/aromatic N) is 1. The quantitative estimate of drug-likeness (QED) is 0.511. The van der Waals surface area contributed by atoms with Crippen molar-refractivity contribution in [1.82, 2.24) is 10.2 Å². The van der Waals surface area contributed by atoms with Gasteiger partial charge in [0.15, 0.2) is 17.3 Å². The Morgan fingerprint density at radius 1 is 1.30 bits per heavy atom. The number of rotatable bonds is 9. The molecule has 1 aromatic rings. The molecule has 0 radical (unpaired) electrons. The van der Waals surface area contributed by atoms with Gasteiger partial charge in [-0.3, -0.25) is 9.59 Å². The number of carbonyl (C=O) groups is 2. The second kappa shape index (κ2) is 11.8. The number of hydrogen-bond donors (Lipinski definition) is 1. The van der Waals surface area contributed by atoms with Gasteiger partial charge in [-0.05, 0) is 63.9 Å². The standard InChI is InChI=1S/C20H30N2O4.ClH/c1-15(23)17-8-9-18(19(12-17)25-3)26-11-5-7-20(24)22-10-4-6-16(14-22)13-21-2;/h8-9,12,16,21H,4-7,10-11,13-14H2,1-3H3;1H. The molecule has 1 N–H and O–H groups in total. The molecule has 0 spiro atoms. The molecule has 0 aromatic heterocycles. The SMILES string of the molecule is CNCC1CCCN(C(=O)CCCOc2ccc(C(C)=O)cc2OC)C1.Cl. The van der Waals surface area contributed by atoms with Gasteiger partial charge < -0.3 is 19.7 Å². The van der Waals surface area contributed by atoms with Crippen LogP contribution in [0.25, 0.3) is 0 Å². The summed E-state index contributed by atoms with van der Waals surface area (Å²) in [6.07, 6.45) is 3.40. The lowest BCUT2D eigenvalue weighted by atomic mass is 9.97. The molecule has 0 bridgehead atoms. The van der Waals surface area contributed by atoms with Gasteiger partial charge >= 0.3 is 0 Å². The van der Waals surface area contributed by atoms with Crippen molar-refractivity contribution in [2.24, 2.45) is 5.92 Å². The first-order valence-corrected chi connectivity index (χ1v) is 9.29. The summed E-state index contributed by atoms with van der Waals surface area (Å²) in [7, 11) is 3.50. The molecule has 1 heterocycles. The van der Waals surface area contributed by atoms with Gasteiger partial charge in [-0.15, -0.1) is 12.4 Å². The summed E-state index contributed by atoms with van der Waals surface area (Å²) in [5.41, 5.74) is 0.589. The Hall–Kier alpha value is -1.79. The smallest absolute Gasteiger partial charge is 0.222 e. The first kappa shape index (κ1) is 23.2. The molecule has 1 saturated heterocycles. The topological polar surface area (TPSA) is 67.9 Å². The van der Waals surface area contributed by atoms with Gasteiger partial charge in [0.1, 0.15) is 0 Å². The fourth-order valence-corrected chi connectivity index (χ4v) is 3.32. The first-order valence-electron chi connectivity index (χ1n) is 9.29. The second-order valence-corrected chi connectivity index (χ2v) is 6.78. The number of ether oxygens (including phenoxy) is 2. The predicted octanol–water partition coefficient (Wildman–Crippen LogP) is 2.94. The van der Waals surface area contributed by atoms with Crippen LogP contribution in [0, 0.1) is 5.92 Å². The van der Waals surface area contributed by atoms with E-state index >= 15 is 0 Å². The van der Waals surface area contributed by atoms with Crippen LogP contribution in [0.5, 0.6) is 11.5 Å². The van der Waals surface area contributed by atoms with E-state index in [1.807, 2.05) is 11.9 Å². The zero-order valence-corrected chi connectivity index (χ0v) is 17.3. The molecule has 1 atom stereocenters. The van der Waals surface area contributed by atoms with E-state index in [9.17, 15) is 9.59 Å². The van der Waals surface area contributed by atoms with Gasteiger partial charge in [-0.2, -0.15) is 0 Å². The van der Waals surface area contributed by atoms with E-state index in [4.69, 9.17) is 9.47 Å². The summed E-state index contributed by atoms with van der Waals surface area (Å²) in [6, 6.07) is 5.14. The first-order chi connectivity index (χ1) is 12.5. The number of likely N-dealkylation sites (tertiary alicyclic amines) is 1. The lowest BCUT2D eigenvalue weighted by Gasteiger charge is -2.32. The molecule has 7 heteroatoms. The third-order valence-electron chi connectivity index (χ3n) is 4.73. The number of nitrogens with one attached hydrogen (secondary N) is 1. The lowest BCUT2D eigenvalue weighted by molar-refractivity contribution is -0.133. The van der Waals surface area contributed by atoms with Crippen LogP contribution in [0.3, 0.4) is 0 Å². The Kier molecular flexibility index (Phi) is 10.2. The zero-order valence-electron chi connectivity index (χ0n) is 16.5. The summed E-state index contributed by atoms with van der Waals surface area (Å²) in [5.74, 6) is 1.87. The highest BCUT2D eigenvalue weighted by Gasteiger charge is 2.22. The van der Waals surface area contributed by atoms with Crippen molar-refractivity contribution in [2.75, 3.05) is 40.4 Å². The fraction of sp³-hybridized carbons (Fsp3) is 0.600. The molecule has 1 aliphatic heterocycles. The highest BCUT2D eigenvalue weighted by atomic mass is 35.5. The molecule has 0 saturated carbocycles. The van der Waals surface area contributed by atoms with Crippen molar-refractivity contribution < 1.29 is 19.1 Å². The van der Waals surface area contributed by atoms with Gasteiger partial charge in [-0.25, -0.2) is 0 Å². The zero-order chi connectivity index (χ0) is 18.9. The number of ketones is 1. The Labute approximate surface area is 168 Å². The van der Waals surface area contributed by atoms with Crippen molar-refractivity contribution in [3.05, 3.63) is 23.8 Å². The number of methoxy groups -OCH3 is 1. The van der Waals surface area contributed by atoms with Crippen molar-refractivity contribution in [3.8, 4) is 11.5 Å². The van der Waals surface area contributed by atoms with Crippen molar-refractivity contribution in [1.29, 1.82) is 0 Å². The largest absolute Gasteiger partial charge is 0.493 e. The molecule has 6 nitrogen and oxygen atoms in total. The highest BCUT2D eigenvalue weighted by molar-refractivity contribution is 5.94. The lowest BCUT2D eigenvalue weighted by Crippen LogP contribution is -2.42. The molecule has 1 amide bonds. The van der Waals surface area contributed by atoms with Gasteiger partial charge in [-0.1, -0.05) is 0 Å². The number of hydrogen-bond acceptors (Lipinski definition) is 5. The van der Waals surface area contributed by atoms with Crippen molar-refractivity contribution in [2.45, 2.75) is 32.6 Å². The molecular weight excluding hydrogens is 368 g/mol. The minimum atomic E-state index is -0.0152. The molecule has 1 aromatic carbocycles. The third kappa shape index (κ3) is 7.03. The van der Waals surface area contributed by atoms with Gasteiger partial charge in [0.2, 0.25) is 5.91 Å². The van der Waals surface area contributed by atoms with E-state index in [0.29, 0.717) is 42.4 Å². The van der Waals surface area contributed by atoms with Crippen molar-refractivity contribution >= 4 is 24.1 Å². The Bertz CT molecular complexity index is 622. The van der Waals surface area contributed by atoms with Crippen LogP contribution in [0.1, 0.15) is 43.0 Å². The maximum absolute atomic E-state index is 12.4. The maximum Gasteiger partial charge on any atom is 0.222 e. The van der Waals surface area contributed by atoms with Crippen LogP contribution in [-0.2, 0) is 4.79 Å². The molecule has 0 aliphatic carbocycles. The summed E-state index contributed by atoms with van der Waals surface area (Å²) in [6.45, 7) is 4.63. The van der Waals surface area contributed by atoms with E-state index < -0.39 is 0 Å². The molecule has 1 aliphatic rings. The minimum Gasteiger partial charge on any atom is -0.493 e. The van der Waals surface area contributed by atoms with Crippen LogP contribution < -0.4 is 14.8 Å². The molecule has 27 heavy (non-hydrogen) atoms. The van der Waals surface area contributed by atoms with Crippen molar-refractivity contribution in [3.63, 3.8) is 0 Å². The number of piperidine rings is 1. The number of amides is 1. The summed E-state index contributed by atoms with van der Waals surface area (Å²) in [5, 5.41) is 3.20. The molecule has 2 rings (SSSR count). The van der Waals surface area contributed by atoms with Gasteiger partial charge in [0.05, 0.1) is 13.7 Å². The Balaban J connectivity index is 0.00000364. The maximum atomic E-state index is 12.4. The summed E-state index contributed by atoms with van der Waals surface area (Å²) in [4.78, 5) is 25.8. The predicted molar refractivity (Wildman–Crippen MR) is 108 cm³/mol. The van der Waals surface area contributed by atoms with Crippen LogP contribution in [0.15, 0.2) is 18.2 Å². The average molecular weight is 399 g/mol. The minimum absolute atomic E-state index is 0. The number of carbonyl (C=O) groups excluding carboxylic acids is 2. The molecule has 1 fully saturated rings. The number of Topliss-reactive ketones (excluding diaryl/α,β-unsaturated/α-hetero) is 1. The number of benzene rings is 1. The monoisotopic (exact) mass is 398 g/mol. The number of halogens is 1. The van der Waals surface area contributed by atoms with E-state index in [0.717, 1.165) is 26.1 Å². The van der Waals surface area contributed by atoms with Crippen LogP contribution >= 0.6 is 12.4 Å². The average Bonchev–Trinajstić information content (AvgIpc) is 2.65. The summed E-state index contributed by atoms with van der Waals surface area (Å²) < 4.78 is 11.0. The van der Waals surface area contributed by atoms with Gasteiger partial charge in [0.25, 0.3) is 0 Å². The van der Waals surface area contributed by atoms with E-state index in [1.54, 1.807) is 25.3 Å². The molecule has 152 valence electrons. The highest BCUT2D eigenvalue weighted by Crippen LogP contribution is 2.28. The summed E-state index contributed by atoms with van der Waals surface area (Å²) >= 11 is 0. The van der Waals surface area contributed by atoms with Gasteiger partial charge in [0, 0.05) is 25.1 Å². The van der Waals surface area contributed by atoms with Crippen LogP contribution in [0.4, 0.5) is 0 Å².